The molecule has 1 aliphatic carbocycles. The standard InChI is InChI=1S/C8H12BrCl/c1-5-3-7(9)4-8(10)6(5)2/h5,7-8H,2-4H2,1H3. The van der Waals surface area contributed by atoms with Crippen LogP contribution in [-0.4, -0.2) is 10.2 Å². The van der Waals surface area contributed by atoms with Crippen LogP contribution < -0.4 is 0 Å². The number of hydrogen-bond acceptors (Lipinski definition) is 0. The minimum atomic E-state index is 0.188. The maximum absolute atomic E-state index is 6.03. The van der Waals surface area contributed by atoms with Crippen molar-refractivity contribution >= 4 is 27.5 Å². The van der Waals surface area contributed by atoms with E-state index in [0.717, 1.165) is 6.42 Å². The number of allylic oxidation sites excluding steroid dienone is 1. The van der Waals surface area contributed by atoms with Gasteiger partial charge in [-0.05, 0) is 18.8 Å². The maximum atomic E-state index is 6.03. The highest BCUT2D eigenvalue weighted by molar-refractivity contribution is 9.09. The summed E-state index contributed by atoms with van der Waals surface area (Å²) in [7, 11) is 0. The molecule has 0 aromatic carbocycles. The molecule has 0 aliphatic heterocycles. The Labute approximate surface area is 75.8 Å². The second-order valence-electron chi connectivity index (χ2n) is 3.01. The predicted octanol–water partition coefficient (Wildman–Crippen LogP) is 3.34. The Morgan fingerprint density at radius 3 is 2.70 bits per heavy atom. The van der Waals surface area contributed by atoms with Crippen molar-refractivity contribution in [2.75, 3.05) is 0 Å². The molecule has 0 aromatic heterocycles. The SMILES string of the molecule is C=C1C(C)CC(Br)CC1Cl. The molecule has 3 atom stereocenters. The van der Waals surface area contributed by atoms with E-state index in [1.165, 1.54) is 12.0 Å². The topological polar surface area (TPSA) is 0 Å². The van der Waals surface area contributed by atoms with Crippen molar-refractivity contribution in [2.24, 2.45) is 5.92 Å². The van der Waals surface area contributed by atoms with Crippen LogP contribution in [0.15, 0.2) is 12.2 Å². The van der Waals surface area contributed by atoms with Gasteiger partial charge in [0.15, 0.2) is 0 Å². The van der Waals surface area contributed by atoms with Gasteiger partial charge in [0.25, 0.3) is 0 Å². The summed E-state index contributed by atoms with van der Waals surface area (Å²) in [5, 5.41) is 0.188. The van der Waals surface area contributed by atoms with Gasteiger partial charge in [-0.25, -0.2) is 0 Å². The highest BCUT2D eigenvalue weighted by Crippen LogP contribution is 2.34. The van der Waals surface area contributed by atoms with Crippen molar-refractivity contribution in [3.8, 4) is 0 Å². The molecule has 1 saturated carbocycles. The molecule has 0 bridgehead atoms. The fourth-order valence-electron chi connectivity index (χ4n) is 1.32. The van der Waals surface area contributed by atoms with Crippen molar-refractivity contribution < 1.29 is 0 Å². The van der Waals surface area contributed by atoms with Gasteiger partial charge in [0.05, 0.1) is 5.38 Å². The third-order valence-electron chi connectivity index (χ3n) is 2.11. The number of alkyl halides is 2. The van der Waals surface area contributed by atoms with Crippen molar-refractivity contribution in [3.63, 3.8) is 0 Å². The molecule has 3 unspecified atom stereocenters. The van der Waals surface area contributed by atoms with E-state index in [1.807, 2.05) is 0 Å². The Morgan fingerprint density at radius 2 is 2.20 bits per heavy atom. The van der Waals surface area contributed by atoms with Crippen molar-refractivity contribution in [1.82, 2.24) is 0 Å². The summed E-state index contributed by atoms with van der Waals surface area (Å²) in [5.41, 5.74) is 1.21. The first-order chi connectivity index (χ1) is 4.61. The monoisotopic (exact) mass is 222 g/mol. The first kappa shape index (κ1) is 8.61. The lowest BCUT2D eigenvalue weighted by Crippen LogP contribution is -2.23. The van der Waals surface area contributed by atoms with Crippen LogP contribution >= 0.6 is 27.5 Å². The summed E-state index contributed by atoms with van der Waals surface area (Å²) in [5.74, 6) is 0.584. The third kappa shape index (κ3) is 1.76. The van der Waals surface area contributed by atoms with Crippen LogP contribution in [0.1, 0.15) is 19.8 Å². The number of rotatable bonds is 0. The van der Waals surface area contributed by atoms with Gasteiger partial charge < -0.3 is 0 Å². The molecule has 0 nitrogen and oxygen atoms in total. The van der Waals surface area contributed by atoms with Gasteiger partial charge in [-0.2, -0.15) is 0 Å². The Kier molecular flexibility index (Phi) is 2.81. The molecule has 1 rings (SSSR count). The van der Waals surface area contributed by atoms with Gasteiger partial charge in [-0.3, -0.25) is 0 Å². The highest BCUT2D eigenvalue weighted by Gasteiger charge is 2.26. The predicted molar refractivity (Wildman–Crippen MR) is 49.9 cm³/mol. The molecule has 0 aromatic rings. The molecule has 0 N–H and O–H groups in total. The molecule has 1 fully saturated rings. The summed E-state index contributed by atoms with van der Waals surface area (Å²) >= 11 is 9.60. The minimum absolute atomic E-state index is 0.188. The molecule has 58 valence electrons. The number of hydrogen-bond donors (Lipinski definition) is 0. The fourth-order valence-corrected chi connectivity index (χ4v) is 2.90. The zero-order valence-electron chi connectivity index (χ0n) is 6.11. The third-order valence-corrected chi connectivity index (χ3v) is 3.31. The summed E-state index contributed by atoms with van der Waals surface area (Å²) in [6.45, 7) is 6.14. The first-order valence-corrected chi connectivity index (χ1v) is 4.93. The molecule has 0 heterocycles. The molecule has 2 heteroatoms. The second-order valence-corrected chi connectivity index (χ2v) is 4.83. The van der Waals surface area contributed by atoms with Crippen LogP contribution in [-0.2, 0) is 0 Å². The smallest absolute Gasteiger partial charge is 0.0555 e. The average molecular weight is 224 g/mol. The van der Waals surface area contributed by atoms with Crippen molar-refractivity contribution in [2.45, 2.75) is 30.0 Å². The lowest BCUT2D eigenvalue weighted by atomic mass is 9.86. The van der Waals surface area contributed by atoms with Gasteiger partial charge in [0.2, 0.25) is 0 Å². The largest absolute Gasteiger partial charge is 0.118 e. The summed E-state index contributed by atoms with van der Waals surface area (Å²) < 4.78 is 0. The molecule has 0 radical (unpaired) electrons. The zero-order chi connectivity index (χ0) is 7.72. The van der Waals surface area contributed by atoms with Crippen LogP contribution in [0.2, 0.25) is 0 Å². The van der Waals surface area contributed by atoms with Gasteiger partial charge in [-0.15, -0.1) is 11.6 Å². The van der Waals surface area contributed by atoms with Crippen molar-refractivity contribution in [3.05, 3.63) is 12.2 Å². The van der Waals surface area contributed by atoms with Crippen LogP contribution in [0.25, 0.3) is 0 Å². The molecular weight excluding hydrogens is 211 g/mol. The average Bonchev–Trinajstić information content (AvgIpc) is 1.82. The Bertz CT molecular complexity index is 130. The lowest BCUT2D eigenvalue weighted by molar-refractivity contribution is 0.506. The van der Waals surface area contributed by atoms with E-state index >= 15 is 0 Å². The van der Waals surface area contributed by atoms with E-state index in [4.69, 9.17) is 11.6 Å². The molecular formula is C8H12BrCl. The zero-order valence-corrected chi connectivity index (χ0v) is 8.45. The van der Waals surface area contributed by atoms with Crippen LogP contribution in [0, 0.1) is 5.92 Å². The Morgan fingerprint density at radius 1 is 1.60 bits per heavy atom. The molecule has 0 amide bonds. The van der Waals surface area contributed by atoms with Gasteiger partial charge in [0, 0.05) is 4.83 Å². The second kappa shape index (κ2) is 3.27. The summed E-state index contributed by atoms with van der Waals surface area (Å²) in [6.07, 6.45) is 2.22. The first-order valence-electron chi connectivity index (χ1n) is 3.58. The Balaban J connectivity index is 2.57. The van der Waals surface area contributed by atoms with E-state index in [2.05, 4.69) is 29.4 Å². The summed E-state index contributed by atoms with van der Waals surface area (Å²) in [6, 6.07) is 0. The normalized spacial score (nSPS) is 41.9. The van der Waals surface area contributed by atoms with Crippen LogP contribution in [0.4, 0.5) is 0 Å². The van der Waals surface area contributed by atoms with E-state index in [1.54, 1.807) is 0 Å². The Hall–Kier alpha value is 0.510. The van der Waals surface area contributed by atoms with Crippen LogP contribution in [0.3, 0.4) is 0 Å². The van der Waals surface area contributed by atoms with Gasteiger partial charge in [0.1, 0.15) is 0 Å². The molecule has 10 heavy (non-hydrogen) atoms. The van der Waals surface area contributed by atoms with Crippen LogP contribution in [0.5, 0.6) is 0 Å². The fraction of sp³-hybridized carbons (Fsp3) is 0.750. The summed E-state index contributed by atoms with van der Waals surface area (Å²) in [4.78, 5) is 0.593. The molecule has 1 aliphatic rings. The van der Waals surface area contributed by atoms with E-state index in [9.17, 15) is 0 Å². The minimum Gasteiger partial charge on any atom is -0.118 e. The van der Waals surface area contributed by atoms with E-state index in [-0.39, 0.29) is 5.38 Å². The van der Waals surface area contributed by atoms with E-state index in [0.29, 0.717) is 10.7 Å². The van der Waals surface area contributed by atoms with E-state index < -0.39 is 0 Å². The maximum Gasteiger partial charge on any atom is 0.0555 e. The molecule has 0 spiro atoms. The molecule has 0 saturated heterocycles. The quantitative estimate of drug-likeness (QED) is 0.436. The number of halogens is 2. The van der Waals surface area contributed by atoms with Crippen molar-refractivity contribution in [1.29, 1.82) is 0 Å². The van der Waals surface area contributed by atoms with Gasteiger partial charge in [-0.1, -0.05) is 35.0 Å². The highest BCUT2D eigenvalue weighted by atomic mass is 79.9. The lowest BCUT2D eigenvalue weighted by Gasteiger charge is -2.29. The van der Waals surface area contributed by atoms with Gasteiger partial charge >= 0.3 is 0 Å².